The minimum atomic E-state index is 0.343. The minimum Gasteiger partial charge on any atom is -0.454 e. The van der Waals surface area contributed by atoms with Gasteiger partial charge in [0.1, 0.15) is 0 Å². The number of benzene rings is 1. The summed E-state index contributed by atoms with van der Waals surface area (Å²) in [5.41, 5.74) is 1.21. The maximum Gasteiger partial charge on any atom is 0.231 e. The third kappa shape index (κ3) is 2.05. The molecule has 2 heterocycles. The van der Waals surface area contributed by atoms with Gasteiger partial charge in [-0.25, -0.2) is 0 Å². The van der Waals surface area contributed by atoms with Gasteiger partial charge < -0.3 is 19.7 Å². The fourth-order valence-electron chi connectivity index (χ4n) is 2.51. The number of rotatable bonds is 2. The van der Waals surface area contributed by atoms with Crippen molar-refractivity contribution in [1.29, 1.82) is 0 Å². The zero-order chi connectivity index (χ0) is 11.7. The molecule has 0 unspecified atom stereocenters. The van der Waals surface area contributed by atoms with E-state index in [1.807, 2.05) is 6.07 Å². The molecular formula is C13H18N2O2. The molecule has 0 amide bonds. The van der Waals surface area contributed by atoms with Crippen LogP contribution in [0.1, 0.15) is 12.8 Å². The first-order valence-corrected chi connectivity index (χ1v) is 6.18. The van der Waals surface area contributed by atoms with Crippen molar-refractivity contribution in [2.75, 3.05) is 31.8 Å². The van der Waals surface area contributed by atoms with Crippen molar-refractivity contribution in [3.8, 4) is 11.5 Å². The van der Waals surface area contributed by atoms with Gasteiger partial charge in [0.15, 0.2) is 11.5 Å². The van der Waals surface area contributed by atoms with E-state index < -0.39 is 0 Å². The highest BCUT2D eigenvalue weighted by Crippen LogP contribution is 2.36. The molecular weight excluding hydrogens is 216 g/mol. The van der Waals surface area contributed by atoms with Gasteiger partial charge in [-0.05, 0) is 38.1 Å². The normalized spacial score (nSPS) is 19.4. The molecule has 1 aromatic rings. The molecule has 1 fully saturated rings. The van der Waals surface area contributed by atoms with Gasteiger partial charge in [0, 0.05) is 24.8 Å². The maximum absolute atomic E-state index is 5.42. The number of nitrogens with one attached hydrogen (secondary N) is 1. The van der Waals surface area contributed by atoms with Crippen molar-refractivity contribution in [3.63, 3.8) is 0 Å². The molecule has 1 N–H and O–H groups in total. The molecule has 17 heavy (non-hydrogen) atoms. The fraction of sp³-hybridized carbons (Fsp3) is 0.538. The zero-order valence-electron chi connectivity index (χ0n) is 10.1. The van der Waals surface area contributed by atoms with Crippen LogP contribution in [0.3, 0.4) is 0 Å². The molecule has 0 bridgehead atoms. The van der Waals surface area contributed by atoms with E-state index in [0.717, 1.165) is 24.6 Å². The molecule has 92 valence electrons. The Kier molecular flexibility index (Phi) is 2.81. The average molecular weight is 234 g/mol. The highest BCUT2D eigenvalue weighted by molar-refractivity contribution is 5.57. The quantitative estimate of drug-likeness (QED) is 0.843. The van der Waals surface area contributed by atoms with Crippen LogP contribution >= 0.6 is 0 Å². The van der Waals surface area contributed by atoms with Crippen LogP contribution in [-0.4, -0.2) is 33.0 Å². The Bertz CT molecular complexity index is 402. The van der Waals surface area contributed by atoms with Crippen LogP contribution < -0.4 is 19.7 Å². The Morgan fingerprint density at radius 1 is 1.18 bits per heavy atom. The van der Waals surface area contributed by atoms with Crippen LogP contribution in [0.25, 0.3) is 0 Å². The summed E-state index contributed by atoms with van der Waals surface area (Å²) in [4.78, 5) is 2.35. The van der Waals surface area contributed by atoms with Gasteiger partial charge in [0.05, 0.1) is 0 Å². The average Bonchev–Trinajstić information content (AvgIpc) is 2.86. The van der Waals surface area contributed by atoms with Gasteiger partial charge in [-0.1, -0.05) is 0 Å². The van der Waals surface area contributed by atoms with Crippen molar-refractivity contribution in [2.45, 2.75) is 18.9 Å². The Labute approximate surface area is 102 Å². The van der Waals surface area contributed by atoms with E-state index in [9.17, 15) is 0 Å². The van der Waals surface area contributed by atoms with Gasteiger partial charge in [0.2, 0.25) is 6.79 Å². The molecule has 0 spiro atoms. The second-order valence-corrected chi connectivity index (χ2v) is 4.63. The number of nitrogens with zero attached hydrogens (tertiary/aromatic N) is 1. The monoisotopic (exact) mass is 234 g/mol. The van der Waals surface area contributed by atoms with E-state index in [2.05, 4.69) is 29.4 Å². The van der Waals surface area contributed by atoms with Crippen molar-refractivity contribution >= 4 is 5.69 Å². The van der Waals surface area contributed by atoms with E-state index in [-0.39, 0.29) is 0 Å². The van der Waals surface area contributed by atoms with Crippen LogP contribution in [0.2, 0.25) is 0 Å². The SMILES string of the molecule is CN(c1ccc2c(c1)OCO2)C1CCNCC1. The second kappa shape index (κ2) is 4.45. The van der Waals surface area contributed by atoms with Crippen molar-refractivity contribution in [1.82, 2.24) is 5.32 Å². The highest BCUT2D eigenvalue weighted by Gasteiger charge is 2.20. The summed E-state index contributed by atoms with van der Waals surface area (Å²) in [6, 6.07) is 6.80. The summed E-state index contributed by atoms with van der Waals surface area (Å²) in [6.45, 7) is 2.56. The summed E-state index contributed by atoms with van der Waals surface area (Å²) in [5.74, 6) is 1.72. The van der Waals surface area contributed by atoms with Crippen molar-refractivity contribution in [2.24, 2.45) is 0 Å². The highest BCUT2D eigenvalue weighted by atomic mass is 16.7. The lowest BCUT2D eigenvalue weighted by atomic mass is 10.0. The molecule has 3 rings (SSSR count). The van der Waals surface area contributed by atoms with Crippen molar-refractivity contribution in [3.05, 3.63) is 18.2 Å². The summed E-state index contributed by atoms with van der Waals surface area (Å²) in [6.07, 6.45) is 2.40. The lowest BCUT2D eigenvalue weighted by molar-refractivity contribution is 0.174. The molecule has 2 aliphatic heterocycles. The van der Waals surface area contributed by atoms with Gasteiger partial charge in [-0.3, -0.25) is 0 Å². The first-order chi connectivity index (χ1) is 8.34. The summed E-state index contributed by atoms with van der Waals surface area (Å²) in [7, 11) is 2.16. The van der Waals surface area contributed by atoms with Crippen molar-refractivity contribution < 1.29 is 9.47 Å². The summed E-state index contributed by atoms with van der Waals surface area (Å²) in [5, 5.41) is 3.39. The Morgan fingerprint density at radius 2 is 1.94 bits per heavy atom. The Balaban J connectivity index is 1.78. The molecule has 0 radical (unpaired) electrons. The van der Waals surface area contributed by atoms with Gasteiger partial charge in [-0.15, -0.1) is 0 Å². The third-order valence-electron chi connectivity index (χ3n) is 3.62. The van der Waals surface area contributed by atoms with E-state index >= 15 is 0 Å². The lowest BCUT2D eigenvalue weighted by Gasteiger charge is -2.33. The molecule has 0 aliphatic carbocycles. The number of anilines is 1. The van der Waals surface area contributed by atoms with Crippen LogP contribution in [0.4, 0.5) is 5.69 Å². The van der Waals surface area contributed by atoms with Crippen LogP contribution in [-0.2, 0) is 0 Å². The zero-order valence-corrected chi connectivity index (χ0v) is 10.1. The van der Waals surface area contributed by atoms with Gasteiger partial charge in [0.25, 0.3) is 0 Å². The largest absolute Gasteiger partial charge is 0.454 e. The van der Waals surface area contributed by atoms with Crippen LogP contribution in [0.5, 0.6) is 11.5 Å². The summed E-state index contributed by atoms with van der Waals surface area (Å²) >= 11 is 0. The first-order valence-electron chi connectivity index (χ1n) is 6.18. The number of hydrogen-bond donors (Lipinski definition) is 1. The third-order valence-corrected chi connectivity index (χ3v) is 3.62. The Morgan fingerprint density at radius 3 is 2.76 bits per heavy atom. The predicted octanol–water partition coefficient (Wildman–Crippen LogP) is 1.60. The minimum absolute atomic E-state index is 0.343. The van der Waals surface area contributed by atoms with E-state index in [0.29, 0.717) is 12.8 Å². The number of hydrogen-bond acceptors (Lipinski definition) is 4. The smallest absolute Gasteiger partial charge is 0.231 e. The molecule has 0 atom stereocenters. The molecule has 1 saturated heterocycles. The van der Waals surface area contributed by atoms with E-state index in [4.69, 9.17) is 9.47 Å². The van der Waals surface area contributed by atoms with Crippen LogP contribution in [0, 0.1) is 0 Å². The fourth-order valence-corrected chi connectivity index (χ4v) is 2.51. The van der Waals surface area contributed by atoms with E-state index in [1.165, 1.54) is 18.5 Å². The first kappa shape index (κ1) is 10.7. The van der Waals surface area contributed by atoms with E-state index in [1.54, 1.807) is 0 Å². The number of piperidine rings is 1. The second-order valence-electron chi connectivity index (χ2n) is 4.63. The summed E-state index contributed by atoms with van der Waals surface area (Å²) < 4.78 is 10.7. The molecule has 4 nitrogen and oxygen atoms in total. The molecule has 2 aliphatic rings. The topological polar surface area (TPSA) is 33.7 Å². The maximum atomic E-state index is 5.42. The van der Waals surface area contributed by atoms with Crippen LogP contribution in [0.15, 0.2) is 18.2 Å². The standard InChI is InChI=1S/C13H18N2O2/c1-15(10-4-6-14-7-5-10)11-2-3-12-13(8-11)17-9-16-12/h2-3,8,10,14H,4-7,9H2,1H3. The predicted molar refractivity (Wildman–Crippen MR) is 66.9 cm³/mol. The molecule has 0 saturated carbocycles. The molecule has 0 aromatic heterocycles. The number of ether oxygens (including phenoxy) is 2. The molecule has 1 aromatic carbocycles. The van der Waals surface area contributed by atoms with Gasteiger partial charge in [-0.2, -0.15) is 0 Å². The Hall–Kier alpha value is -1.42. The number of fused-ring (bicyclic) bond motifs is 1. The lowest BCUT2D eigenvalue weighted by Crippen LogP contribution is -2.41. The van der Waals surface area contributed by atoms with Gasteiger partial charge >= 0.3 is 0 Å². The molecule has 4 heteroatoms.